The maximum atomic E-state index is 12.2. The number of sulfonamides is 1. The lowest BCUT2D eigenvalue weighted by atomic mass is 10.1. The van der Waals surface area contributed by atoms with Gasteiger partial charge in [0.2, 0.25) is 21.8 Å². The van der Waals surface area contributed by atoms with Gasteiger partial charge in [0.1, 0.15) is 6.54 Å². The minimum Gasteiger partial charge on any atom is -0.480 e. The van der Waals surface area contributed by atoms with Crippen molar-refractivity contribution >= 4 is 33.5 Å². The van der Waals surface area contributed by atoms with E-state index in [0.29, 0.717) is 5.69 Å². The molecular weight excluding hydrogens is 338 g/mol. The second kappa shape index (κ2) is 6.57. The van der Waals surface area contributed by atoms with Gasteiger partial charge in [0.15, 0.2) is 0 Å². The van der Waals surface area contributed by atoms with Crippen molar-refractivity contribution in [3.05, 3.63) is 24.3 Å². The number of amides is 2. The standard InChI is InChI=1S/C14H17N3O6S/c1-16(8-13(19)20)14(21)9-5-12(18)17(7-9)10-3-2-4-11(6-10)24(15,22)23/h2-4,6,9H,5,7-8H2,1H3,(H,19,20)(H2,15,22,23). The van der Waals surface area contributed by atoms with Crippen LogP contribution >= 0.6 is 0 Å². The lowest BCUT2D eigenvalue weighted by Crippen LogP contribution is -2.37. The van der Waals surface area contributed by atoms with Gasteiger partial charge in [0, 0.05) is 25.7 Å². The molecule has 2 rings (SSSR count). The molecular formula is C14H17N3O6S. The molecule has 0 spiro atoms. The number of carboxylic acids is 1. The number of hydrogen-bond donors (Lipinski definition) is 2. The molecule has 3 N–H and O–H groups in total. The number of carbonyl (C=O) groups is 3. The van der Waals surface area contributed by atoms with E-state index in [9.17, 15) is 22.8 Å². The van der Waals surface area contributed by atoms with Crippen molar-refractivity contribution < 1.29 is 27.9 Å². The van der Waals surface area contributed by atoms with Crippen molar-refractivity contribution in [3.63, 3.8) is 0 Å². The number of primary sulfonamides is 1. The lowest BCUT2D eigenvalue weighted by molar-refractivity contribution is -0.145. The van der Waals surface area contributed by atoms with E-state index in [-0.39, 0.29) is 23.8 Å². The van der Waals surface area contributed by atoms with Crippen LogP contribution in [0.25, 0.3) is 0 Å². The predicted molar refractivity (Wildman–Crippen MR) is 83.5 cm³/mol. The minimum absolute atomic E-state index is 0.0513. The van der Waals surface area contributed by atoms with Gasteiger partial charge in [-0.1, -0.05) is 6.07 Å². The Kier molecular flexibility index (Phi) is 4.90. The zero-order valence-corrected chi connectivity index (χ0v) is 13.7. The summed E-state index contributed by atoms with van der Waals surface area (Å²) < 4.78 is 22.8. The van der Waals surface area contributed by atoms with Crippen LogP contribution < -0.4 is 10.0 Å². The van der Waals surface area contributed by atoms with Crippen molar-refractivity contribution in [3.8, 4) is 0 Å². The highest BCUT2D eigenvalue weighted by Crippen LogP contribution is 2.27. The number of nitrogens with zero attached hydrogens (tertiary/aromatic N) is 2. The zero-order chi connectivity index (χ0) is 18.1. The van der Waals surface area contributed by atoms with Crippen LogP contribution in [0.2, 0.25) is 0 Å². The SMILES string of the molecule is CN(CC(=O)O)C(=O)C1CC(=O)N(c2cccc(S(N)(=O)=O)c2)C1. The number of carboxylic acid groups (broad SMARTS) is 1. The third-order valence-electron chi connectivity index (χ3n) is 3.68. The fourth-order valence-corrected chi connectivity index (χ4v) is 3.10. The molecule has 0 radical (unpaired) electrons. The normalized spacial score (nSPS) is 17.8. The first-order valence-corrected chi connectivity index (χ1v) is 8.54. The number of carbonyl (C=O) groups excluding carboxylic acids is 2. The average molecular weight is 355 g/mol. The van der Waals surface area contributed by atoms with Gasteiger partial charge in [0.25, 0.3) is 0 Å². The fraction of sp³-hybridized carbons (Fsp3) is 0.357. The Bertz CT molecular complexity index is 791. The van der Waals surface area contributed by atoms with E-state index in [1.807, 2.05) is 0 Å². The molecule has 1 fully saturated rings. The van der Waals surface area contributed by atoms with Crippen molar-refractivity contribution in [1.82, 2.24) is 4.90 Å². The van der Waals surface area contributed by atoms with Crippen LogP contribution in [0, 0.1) is 5.92 Å². The molecule has 0 bridgehead atoms. The first kappa shape index (κ1) is 17.9. The molecule has 0 aliphatic carbocycles. The highest BCUT2D eigenvalue weighted by Gasteiger charge is 2.37. The molecule has 1 saturated heterocycles. The molecule has 1 atom stereocenters. The Balaban J connectivity index is 2.19. The molecule has 2 amide bonds. The van der Waals surface area contributed by atoms with E-state index in [2.05, 4.69) is 0 Å². The molecule has 9 nitrogen and oxygen atoms in total. The van der Waals surface area contributed by atoms with E-state index >= 15 is 0 Å². The van der Waals surface area contributed by atoms with Crippen LogP contribution in [0.5, 0.6) is 0 Å². The Morgan fingerprint density at radius 2 is 2.08 bits per heavy atom. The maximum Gasteiger partial charge on any atom is 0.323 e. The monoisotopic (exact) mass is 355 g/mol. The van der Waals surface area contributed by atoms with Crippen LogP contribution in [0.4, 0.5) is 5.69 Å². The molecule has 1 aromatic carbocycles. The number of rotatable bonds is 5. The van der Waals surface area contributed by atoms with Gasteiger partial charge in [-0.2, -0.15) is 0 Å². The third-order valence-corrected chi connectivity index (χ3v) is 4.59. The van der Waals surface area contributed by atoms with Gasteiger partial charge in [-0.15, -0.1) is 0 Å². The summed E-state index contributed by atoms with van der Waals surface area (Å²) in [7, 11) is -2.56. The summed E-state index contributed by atoms with van der Waals surface area (Å²) >= 11 is 0. The van der Waals surface area contributed by atoms with Crippen molar-refractivity contribution in [2.24, 2.45) is 11.1 Å². The first-order valence-electron chi connectivity index (χ1n) is 6.99. The number of hydrogen-bond acceptors (Lipinski definition) is 5. The number of aliphatic carboxylic acids is 1. The topological polar surface area (TPSA) is 138 Å². The fourth-order valence-electron chi connectivity index (χ4n) is 2.54. The molecule has 24 heavy (non-hydrogen) atoms. The van der Waals surface area contributed by atoms with Crippen LogP contribution in [0.15, 0.2) is 29.2 Å². The first-order chi connectivity index (χ1) is 11.1. The van der Waals surface area contributed by atoms with Crippen molar-refractivity contribution in [1.29, 1.82) is 0 Å². The predicted octanol–water partition coefficient (Wildman–Crippen LogP) is -0.770. The second-order valence-electron chi connectivity index (χ2n) is 5.54. The van der Waals surface area contributed by atoms with E-state index in [4.69, 9.17) is 10.2 Å². The summed E-state index contributed by atoms with van der Waals surface area (Å²) in [6.45, 7) is -0.403. The Labute approximate surface area is 138 Å². The van der Waals surface area contributed by atoms with Crippen LogP contribution in [0.3, 0.4) is 0 Å². The summed E-state index contributed by atoms with van der Waals surface area (Å²) in [6.07, 6.45) is -0.0671. The van der Waals surface area contributed by atoms with E-state index in [1.54, 1.807) is 6.07 Å². The van der Waals surface area contributed by atoms with Crippen molar-refractivity contribution in [2.75, 3.05) is 25.0 Å². The second-order valence-corrected chi connectivity index (χ2v) is 7.10. The largest absolute Gasteiger partial charge is 0.480 e. The Morgan fingerprint density at radius 1 is 1.42 bits per heavy atom. The van der Waals surface area contributed by atoms with Crippen LogP contribution in [0.1, 0.15) is 6.42 Å². The smallest absolute Gasteiger partial charge is 0.323 e. The van der Waals surface area contributed by atoms with Crippen molar-refractivity contribution in [2.45, 2.75) is 11.3 Å². The molecule has 1 aromatic rings. The number of nitrogens with two attached hydrogens (primary N) is 1. The molecule has 1 heterocycles. The van der Waals surface area contributed by atoms with Crippen LogP contribution in [-0.2, 0) is 24.4 Å². The Morgan fingerprint density at radius 3 is 2.67 bits per heavy atom. The number of benzene rings is 1. The molecule has 0 aromatic heterocycles. The van der Waals surface area contributed by atoms with E-state index in [1.165, 1.54) is 30.1 Å². The molecule has 1 aliphatic heterocycles. The van der Waals surface area contributed by atoms with Crippen LogP contribution in [-0.4, -0.2) is 56.3 Å². The van der Waals surface area contributed by atoms with Gasteiger partial charge in [-0.3, -0.25) is 14.4 Å². The lowest BCUT2D eigenvalue weighted by Gasteiger charge is -2.20. The van der Waals surface area contributed by atoms with Gasteiger partial charge in [-0.05, 0) is 18.2 Å². The van der Waals surface area contributed by atoms with E-state index in [0.717, 1.165) is 4.90 Å². The molecule has 0 saturated carbocycles. The number of likely N-dealkylation sites (N-methyl/N-ethyl adjacent to an activating group) is 1. The summed E-state index contributed by atoms with van der Waals surface area (Å²) in [6, 6.07) is 5.57. The summed E-state index contributed by atoms with van der Waals surface area (Å²) in [5.41, 5.74) is 0.322. The number of anilines is 1. The summed E-state index contributed by atoms with van der Waals surface area (Å²) in [5, 5.41) is 13.8. The highest BCUT2D eigenvalue weighted by molar-refractivity contribution is 7.89. The maximum absolute atomic E-state index is 12.2. The third kappa shape index (κ3) is 3.89. The molecule has 10 heteroatoms. The molecule has 1 unspecified atom stereocenters. The van der Waals surface area contributed by atoms with Gasteiger partial charge < -0.3 is 14.9 Å². The Hall–Kier alpha value is -2.46. The van der Waals surface area contributed by atoms with Gasteiger partial charge in [0.05, 0.1) is 10.8 Å². The van der Waals surface area contributed by atoms with Gasteiger partial charge >= 0.3 is 5.97 Å². The molecule has 1 aliphatic rings. The highest BCUT2D eigenvalue weighted by atomic mass is 32.2. The van der Waals surface area contributed by atoms with Gasteiger partial charge in [-0.25, -0.2) is 13.6 Å². The average Bonchev–Trinajstić information content (AvgIpc) is 2.87. The summed E-state index contributed by atoms with van der Waals surface area (Å²) in [4.78, 5) is 37.2. The molecule has 130 valence electrons. The quantitative estimate of drug-likeness (QED) is 0.711. The minimum atomic E-state index is -3.91. The summed E-state index contributed by atoms with van der Waals surface area (Å²) in [5.74, 6) is -2.62. The van der Waals surface area contributed by atoms with E-state index < -0.39 is 34.4 Å². The zero-order valence-electron chi connectivity index (χ0n) is 12.9.